The highest BCUT2D eigenvalue weighted by atomic mass is 16.5. The fourth-order valence-corrected chi connectivity index (χ4v) is 1.88. The fourth-order valence-electron chi connectivity index (χ4n) is 1.88. The van der Waals surface area contributed by atoms with Crippen LogP contribution >= 0.6 is 0 Å². The Kier molecular flexibility index (Phi) is 3.79. The molecule has 0 saturated heterocycles. The number of carbonyl (C=O) groups excluding carboxylic acids is 1. The second kappa shape index (κ2) is 5.32. The zero-order valence-corrected chi connectivity index (χ0v) is 10.3. The molecule has 92 valence electrons. The van der Waals surface area contributed by atoms with E-state index in [1.807, 2.05) is 38.1 Å². The monoisotopic (exact) mass is 234 g/mol. The lowest BCUT2D eigenvalue weighted by atomic mass is 9.90. The molecule has 17 heavy (non-hydrogen) atoms. The Balaban J connectivity index is 1.93. The summed E-state index contributed by atoms with van der Waals surface area (Å²) in [5, 5.41) is 0. The molecule has 3 heteroatoms. The maximum Gasteiger partial charge on any atom is 0.169 e. The van der Waals surface area contributed by atoms with E-state index in [-0.39, 0.29) is 18.0 Å². The van der Waals surface area contributed by atoms with Gasteiger partial charge in [-0.3, -0.25) is 4.79 Å². The van der Waals surface area contributed by atoms with Gasteiger partial charge in [0.15, 0.2) is 11.9 Å². The van der Waals surface area contributed by atoms with Gasteiger partial charge in [0.1, 0.15) is 11.9 Å². The van der Waals surface area contributed by atoms with E-state index in [9.17, 15) is 4.79 Å². The summed E-state index contributed by atoms with van der Waals surface area (Å²) in [7, 11) is 0. The molecule has 1 aromatic rings. The van der Waals surface area contributed by atoms with E-state index in [4.69, 9.17) is 9.47 Å². The highest BCUT2D eigenvalue weighted by Crippen LogP contribution is 2.26. The summed E-state index contributed by atoms with van der Waals surface area (Å²) in [5.41, 5.74) is 1.15. The van der Waals surface area contributed by atoms with Gasteiger partial charge >= 0.3 is 0 Å². The molecule has 2 atom stereocenters. The third kappa shape index (κ3) is 2.86. The summed E-state index contributed by atoms with van der Waals surface area (Å²) in [6.45, 7) is 4.66. The van der Waals surface area contributed by atoms with E-state index in [1.165, 1.54) is 0 Å². The van der Waals surface area contributed by atoms with Crippen LogP contribution in [0.25, 0.3) is 0 Å². The maximum atomic E-state index is 11.4. The molecular formula is C14H18O3. The molecule has 0 aliphatic heterocycles. The number of ether oxygens (including phenoxy) is 2. The highest BCUT2D eigenvalue weighted by Gasteiger charge is 2.42. The van der Waals surface area contributed by atoms with Crippen LogP contribution in [0.4, 0.5) is 0 Å². The molecule has 3 nitrogen and oxygen atoms in total. The van der Waals surface area contributed by atoms with Gasteiger partial charge in [-0.1, -0.05) is 19.1 Å². The predicted molar refractivity (Wildman–Crippen MR) is 65.3 cm³/mol. The van der Waals surface area contributed by atoms with Gasteiger partial charge in [-0.05, 0) is 31.0 Å². The average molecular weight is 234 g/mol. The number of rotatable bonds is 5. The van der Waals surface area contributed by atoms with Gasteiger partial charge in [0.05, 0.1) is 0 Å². The lowest BCUT2D eigenvalue weighted by Gasteiger charge is -2.34. The lowest BCUT2D eigenvalue weighted by molar-refractivity contribution is -0.154. The number of benzene rings is 1. The van der Waals surface area contributed by atoms with Crippen molar-refractivity contribution in [3.63, 3.8) is 0 Å². The Morgan fingerprint density at radius 3 is 2.88 bits per heavy atom. The van der Waals surface area contributed by atoms with Crippen LogP contribution in [0.15, 0.2) is 24.3 Å². The van der Waals surface area contributed by atoms with Crippen LogP contribution < -0.4 is 4.74 Å². The molecule has 1 saturated carbocycles. The van der Waals surface area contributed by atoms with Crippen molar-refractivity contribution in [2.45, 2.75) is 38.9 Å². The van der Waals surface area contributed by atoms with E-state index >= 15 is 0 Å². The normalized spacial score (nSPS) is 23.3. The summed E-state index contributed by atoms with van der Waals surface area (Å²) >= 11 is 0. The quantitative estimate of drug-likeness (QED) is 0.785. The van der Waals surface area contributed by atoms with E-state index in [1.54, 1.807) is 0 Å². The second-order valence-corrected chi connectivity index (χ2v) is 4.43. The van der Waals surface area contributed by atoms with Crippen molar-refractivity contribution in [2.24, 2.45) is 0 Å². The van der Waals surface area contributed by atoms with Crippen LogP contribution in [0.3, 0.4) is 0 Å². The molecule has 0 N–H and O–H groups in total. The number of carbonyl (C=O) groups is 1. The van der Waals surface area contributed by atoms with Crippen molar-refractivity contribution in [3.05, 3.63) is 29.8 Å². The third-order valence-corrected chi connectivity index (χ3v) is 2.84. The maximum absolute atomic E-state index is 11.4. The van der Waals surface area contributed by atoms with Crippen LogP contribution in [-0.2, 0) is 9.53 Å². The van der Waals surface area contributed by atoms with Gasteiger partial charge in [-0.25, -0.2) is 0 Å². The molecule has 0 aromatic heterocycles. The van der Waals surface area contributed by atoms with Crippen LogP contribution in [0.1, 0.15) is 25.3 Å². The van der Waals surface area contributed by atoms with Crippen LogP contribution in [0, 0.1) is 6.92 Å². The van der Waals surface area contributed by atoms with Gasteiger partial charge in [0.2, 0.25) is 0 Å². The van der Waals surface area contributed by atoms with Crippen molar-refractivity contribution in [3.8, 4) is 5.75 Å². The summed E-state index contributed by atoms with van der Waals surface area (Å²) in [6, 6.07) is 7.85. The molecule has 1 fully saturated rings. The molecule has 0 amide bonds. The molecular weight excluding hydrogens is 216 g/mol. The minimum atomic E-state index is -0.365. The molecule has 0 spiro atoms. The molecule has 1 aromatic carbocycles. The number of Topliss-reactive ketones (excluding diaryl/α,β-unsaturated/α-hetero) is 1. The Morgan fingerprint density at radius 1 is 1.41 bits per heavy atom. The van der Waals surface area contributed by atoms with Crippen LogP contribution in [0.2, 0.25) is 0 Å². The molecule has 0 bridgehead atoms. The molecule has 2 unspecified atom stereocenters. The third-order valence-electron chi connectivity index (χ3n) is 2.84. The van der Waals surface area contributed by atoms with Crippen molar-refractivity contribution in [1.29, 1.82) is 0 Å². The first kappa shape index (κ1) is 12.1. The zero-order valence-electron chi connectivity index (χ0n) is 10.3. The topological polar surface area (TPSA) is 35.5 Å². The Morgan fingerprint density at radius 2 is 2.24 bits per heavy atom. The fraction of sp³-hybridized carbons (Fsp3) is 0.500. The summed E-state index contributed by atoms with van der Waals surface area (Å²) < 4.78 is 11.2. The summed E-state index contributed by atoms with van der Waals surface area (Å²) in [4.78, 5) is 11.4. The largest absolute Gasteiger partial charge is 0.487 e. The molecule has 1 aliphatic carbocycles. The van der Waals surface area contributed by atoms with Gasteiger partial charge in [0, 0.05) is 13.0 Å². The Hall–Kier alpha value is -1.35. The van der Waals surface area contributed by atoms with E-state index in [2.05, 4.69) is 0 Å². The van der Waals surface area contributed by atoms with Gasteiger partial charge in [-0.15, -0.1) is 0 Å². The first-order valence-corrected chi connectivity index (χ1v) is 6.08. The van der Waals surface area contributed by atoms with Crippen molar-refractivity contribution < 1.29 is 14.3 Å². The minimum Gasteiger partial charge on any atom is -0.487 e. The molecule has 2 rings (SSSR count). The van der Waals surface area contributed by atoms with E-state index in [0.29, 0.717) is 13.0 Å². The van der Waals surface area contributed by atoms with Gasteiger partial charge < -0.3 is 9.47 Å². The average Bonchev–Trinajstić information content (AvgIpc) is 2.29. The summed E-state index contributed by atoms with van der Waals surface area (Å²) in [6.07, 6.45) is 0.898. The van der Waals surface area contributed by atoms with Gasteiger partial charge in [0.25, 0.3) is 0 Å². The summed E-state index contributed by atoms with van der Waals surface area (Å²) in [5.74, 6) is 0.962. The Labute approximate surface area is 102 Å². The number of hydrogen-bond donors (Lipinski definition) is 0. The second-order valence-electron chi connectivity index (χ2n) is 4.43. The minimum absolute atomic E-state index is 0.115. The number of hydrogen-bond acceptors (Lipinski definition) is 3. The standard InChI is InChI=1S/C14H18O3/c1-3-7-16-14-12(15)9-13(14)17-11-6-4-5-10(2)8-11/h4-6,8,13-14H,3,7,9H2,1-2H3. The van der Waals surface area contributed by atoms with E-state index in [0.717, 1.165) is 17.7 Å². The van der Waals surface area contributed by atoms with Crippen LogP contribution in [0.5, 0.6) is 5.75 Å². The van der Waals surface area contributed by atoms with Gasteiger partial charge in [-0.2, -0.15) is 0 Å². The Bertz CT molecular complexity index is 400. The first-order chi connectivity index (χ1) is 8.20. The molecule has 0 radical (unpaired) electrons. The number of ketones is 1. The SMILES string of the molecule is CCCOC1C(=O)CC1Oc1cccc(C)c1. The number of aryl methyl sites for hydroxylation is 1. The van der Waals surface area contributed by atoms with Crippen molar-refractivity contribution >= 4 is 5.78 Å². The highest BCUT2D eigenvalue weighted by molar-refractivity contribution is 5.90. The molecule has 0 heterocycles. The zero-order chi connectivity index (χ0) is 12.3. The van der Waals surface area contributed by atoms with Crippen molar-refractivity contribution in [1.82, 2.24) is 0 Å². The predicted octanol–water partition coefficient (Wildman–Crippen LogP) is 2.51. The van der Waals surface area contributed by atoms with Crippen LogP contribution in [-0.4, -0.2) is 24.6 Å². The van der Waals surface area contributed by atoms with Crippen molar-refractivity contribution in [2.75, 3.05) is 6.61 Å². The lowest BCUT2D eigenvalue weighted by Crippen LogP contribution is -2.52. The first-order valence-electron chi connectivity index (χ1n) is 6.08. The molecule has 1 aliphatic rings. The van der Waals surface area contributed by atoms with E-state index < -0.39 is 0 Å². The smallest absolute Gasteiger partial charge is 0.169 e.